The standard InChI is InChI=1S/C27H34N2O8/c1-17-12-20(21(16-35-18(2)30)14-22(17)28-26(33)37-27(3,4)5)13-23(24(31)34-6)29-25(32)36-15-19-10-8-7-9-11-19/h7-12,14,23H,13,15-16H2,1-6H3,(H,28,33)(H,29,32). The average molecular weight is 515 g/mol. The van der Waals surface area contributed by atoms with Crippen LogP contribution in [0.2, 0.25) is 0 Å². The van der Waals surface area contributed by atoms with Crippen LogP contribution in [-0.2, 0) is 48.2 Å². The van der Waals surface area contributed by atoms with Crippen molar-refractivity contribution in [3.8, 4) is 0 Å². The number of benzene rings is 2. The van der Waals surface area contributed by atoms with Crippen LogP contribution >= 0.6 is 0 Å². The molecule has 0 saturated carbocycles. The van der Waals surface area contributed by atoms with Crippen molar-refractivity contribution in [2.75, 3.05) is 12.4 Å². The molecule has 0 aliphatic rings. The molecule has 2 aromatic rings. The van der Waals surface area contributed by atoms with E-state index in [1.807, 2.05) is 30.3 Å². The summed E-state index contributed by atoms with van der Waals surface area (Å²) in [5, 5.41) is 5.23. The SMILES string of the molecule is COC(=O)C(Cc1cc(C)c(NC(=O)OC(C)(C)C)cc1COC(C)=O)NC(=O)OCc1ccccc1. The predicted molar refractivity (Wildman–Crippen MR) is 136 cm³/mol. The summed E-state index contributed by atoms with van der Waals surface area (Å²) in [6.07, 6.45) is -1.41. The van der Waals surface area contributed by atoms with Crippen LogP contribution in [0.3, 0.4) is 0 Å². The maximum Gasteiger partial charge on any atom is 0.412 e. The fraction of sp³-hybridized carbons (Fsp3) is 0.407. The van der Waals surface area contributed by atoms with E-state index < -0.39 is 35.8 Å². The maximum atomic E-state index is 12.5. The second kappa shape index (κ2) is 13.3. The average Bonchev–Trinajstić information content (AvgIpc) is 2.82. The largest absolute Gasteiger partial charge is 0.467 e. The van der Waals surface area contributed by atoms with Gasteiger partial charge in [-0.3, -0.25) is 10.1 Å². The molecule has 0 radical (unpaired) electrons. The molecule has 200 valence electrons. The number of methoxy groups -OCH3 is 1. The summed E-state index contributed by atoms with van der Waals surface area (Å²) in [4.78, 5) is 48.7. The summed E-state index contributed by atoms with van der Waals surface area (Å²) < 4.78 is 20.6. The van der Waals surface area contributed by atoms with Crippen LogP contribution in [0.4, 0.5) is 15.3 Å². The van der Waals surface area contributed by atoms with Gasteiger partial charge in [0, 0.05) is 19.0 Å². The number of hydrogen-bond acceptors (Lipinski definition) is 8. The quantitative estimate of drug-likeness (QED) is 0.372. The molecule has 1 unspecified atom stereocenters. The predicted octanol–water partition coefficient (Wildman–Crippen LogP) is 4.42. The summed E-state index contributed by atoms with van der Waals surface area (Å²) in [5.74, 6) is -1.18. The third kappa shape index (κ3) is 10.2. The van der Waals surface area contributed by atoms with Crippen LogP contribution in [0.25, 0.3) is 0 Å². The molecule has 0 aliphatic carbocycles. The normalized spacial score (nSPS) is 11.6. The number of amides is 2. The second-order valence-electron chi connectivity index (χ2n) is 9.33. The highest BCUT2D eigenvalue weighted by molar-refractivity contribution is 5.86. The van der Waals surface area contributed by atoms with E-state index in [9.17, 15) is 19.2 Å². The first-order chi connectivity index (χ1) is 17.4. The van der Waals surface area contributed by atoms with Crippen molar-refractivity contribution in [2.45, 2.75) is 65.9 Å². The van der Waals surface area contributed by atoms with Gasteiger partial charge in [-0.15, -0.1) is 0 Å². The molecular weight excluding hydrogens is 480 g/mol. The number of carbonyl (C=O) groups is 4. The van der Waals surface area contributed by atoms with Gasteiger partial charge in [-0.25, -0.2) is 14.4 Å². The zero-order chi connectivity index (χ0) is 27.6. The number of alkyl carbamates (subject to hydrolysis) is 1. The third-order valence-electron chi connectivity index (χ3n) is 5.03. The topological polar surface area (TPSA) is 129 Å². The van der Waals surface area contributed by atoms with Crippen molar-refractivity contribution in [3.63, 3.8) is 0 Å². The highest BCUT2D eigenvalue weighted by Crippen LogP contribution is 2.24. The molecular formula is C27H34N2O8. The Morgan fingerprint density at radius 2 is 1.59 bits per heavy atom. The Bertz CT molecular complexity index is 1110. The number of anilines is 1. The van der Waals surface area contributed by atoms with E-state index in [1.54, 1.807) is 39.8 Å². The number of nitrogens with one attached hydrogen (secondary N) is 2. The van der Waals surface area contributed by atoms with Crippen molar-refractivity contribution in [1.29, 1.82) is 0 Å². The molecule has 0 aromatic heterocycles. The molecule has 0 heterocycles. The van der Waals surface area contributed by atoms with E-state index in [4.69, 9.17) is 18.9 Å². The second-order valence-corrected chi connectivity index (χ2v) is 9.33. The van der Waals surface area contributed by atoms with Gasteiger partial charge >= 0.3 is 24.1 Å². The summed E-state index contributed by atoms with van der Waals surface area (Å²) in [7, 11) is 1.21. The molecule has 2 amide bonds. The maximum absolute atomic E-state index is 12.5. The molecule has 1 atom stereocenters. The molecule has 10 heteroatoms. The van der Waals surface area contributed by atoms with Gasteiger partial charge in [0.25, 0.3) is 0 Å². The minimum absolute atomic E-state index is 0.0251. The van der Waals surface area contributed by atoms with Crippen molar-refractivity contribution >= 4 is 29.8 Å². The Labute approximate surface area is 216 Å². The molecule has 2 aromatic carbocycles. The van der Waals surface area contributed by atoms with Gasteiger partial charge in [0.2, 0.25) is 0 Å². The summed E-state index contributed by atoms with van der Waals surface area (Å²) in [6.45, 7) is 8.21. The van der Waals surface area contributed by atoms with E-state index in [2.05, 4.69) is 10.6 Å². The molecule has 0 saturated heterocycles. The van der Waals surface area contributed by atoms with Crippen molar-refractivity contribution in [3.05, 3.63) is 64.7 Å². The van der Waals surface area contributed by atoms with Gasteiger partial charge in [-0.2, -0.15) is 0 Å². The minimum atomic E-state index is -1.08. The lowest BCUT2D eigenvalue weighted by Crippen LogP contribution is -2.43. The van der Waals surface area contributed by atoms with Crippen molar-refractivity contribution in [2.24, 2.45) is 0 Å². The van der Waals surface area contributed by atoms with E-state index in [0.717, 1.165) is 5.56 Å². The van der Waals surface area contributed by atoms with Gasteiger partial charge in [0.05, 0.1) is 7.11 Å². The van der Waals surface area contributed by atoms with Crippen molar-refractivity contribution in [1.82, 2.24) is 5.32 Å². The number of hydrogen-bond donors (Lipinski definition) is 2. The Morgan fingerprint density at radius 3 is 2.19 bits per heavy atom. The van der Waals surface area contributed by atoms with Gasteiger partial charge in [0.15, 0.2) is 0 Å². The van der Waals surface area contributed by atoms with Gasteiger partial charge in [0.1, 0.15) is 24.9 Å². The molecule has 0 fully saturated rings. The number of aryl methyl sites for hydroxylation is 1. The minimum Gasteiger partial charge on any atom is -0.467 e. The summed E-state index contributed by atoms with van der Waals surface area (Å²) in [6, 6.07) is 11.4. The summed E-state index contributed by atoms with van der Waals surface area (Å²) in [5.41, 5.74) is 2.35. The molecule has 10 nitrogen and oxygen atoms in total. The number of esters is 2. The van der Waals surface area contributed by atoms with E-state index in [-0.39, 0.29) is 19.6 Å². The molecule has 0 spiro atoms. The highest BCUT2D eigenvalue weighted by Gasteiger charge is 2.25. The van der Waals surface area contributed by atoms with E-state index in [0.29, 0.717) is 22.4 Å². The molecule has 2 rings (SSSR count). The Hall–Kier alpha value is -4.08. The Balaban J connectivity index is 2.25. The first-order valence-corrected chi connectivity index (χ1v) is 11.7. The van der Waals surface area contributed by atoms with Crippen molar-refractivity contribution < 1.29 is 38.1 Å². The van der Waals surface area contributed by atoms with Crippen LogP contribution < -0.4 is 10.6 Å². The first kappa shape index (κ1) is 29.2. The lowest BCUT2D eigenvalue weighted by molar-refractivity contribution is -0.143. The monoisotopic (exact) mass is 514 g/mol. The number of carbonyl (C=O) groups excluding carboxylic acids is 4. The number of ether oxygens (including phenoxy) is 4. The van der Waals surface area contributed by atoms with E-state index >= 15 is 0 Å². The molecule has 0 bridgehead atoms. The zero-order valence-corrected chi connectivity index (χ0v) is 22.0. The van der Waals surface area contributed by atoms with E-state index in [1.165, 1.54) is 14.0 Å². The zero-order valence-electron chi connectivity index (χ0n) is 22.0. The van der Waals surface area contributed by atoms with Gasteiger partial charge < -0.3 is 24.3 Å². The molecule has 2 N–H and O–H groups in total. The van der Waals surface area contributed by atoms with Crippen LogP contribution in [0.5, 0.6) is 0 Å². The van der Waals surface area contributed by atoms with Crippen LogP contribution in [0, 0.1) is 6.92 Å². The van der Waals surface area contributed by atoms with Crippen LogP contribution in [0.1, 0.15) is 49.9 Å². The van der Waals surface area contributed by atoms with Gasteiger partial charge in [-0.05, 0) is 56.0 Å². The van der Waals surface area contributed by atoms with Crippen LogP contribution in [0.15, 0.2) is 42.5 Å². The third-order valence-corrected chi connectivity index (χ3v) is 5.03. The van der Waals surface area contributed by atoms with Crippen LogP contribution in [-0.4, -0.2) is 42.9 Å². The Morgan fingerprint density at radius 1 is 0.919 bits per heavy atom. The Kier molecular flexibility index (Phi) is 10.5. The highest BCUT2D eigenvalue weighted by atomic mass is 16.6. The number of rotatable bonds is 9. The lowest BCUT2D eigenvalue weighted by Gasteiger charge is -2.22. The molecule has 37 heavy (non-hydrogen) atoms. The lowest BCUT2D eigenvalue weighted by atomic mass is 9.97. The molecule has 0 aliphatic heterocycles. The fourth-order valence-corrected chi connectivity index (χ4v) is 3.33. The summed E-state index contributed by atoms with van der Waals surface area (Å²) >= 11 is 0. The first-order valence-electron chi connectivity index (χ1n) is 11.7. The van der Waals surface area contributed by atoms with Gasteiger partial charge in [-0.1, -0.05) is 36.4 Å². The fourth-order valence-electron chi connectivity index (χ4n) is 3.33. The smallest absolute Gasteiger partial charge is 0.412 e.